The Bertz CT molecular complexity index is 641. The van der Waals surface area contributed by atoms with Crippen LogP contribution in [0.2, 0.25) is 5.02 Å². The molecule has 0 radical (unpaired) electrons. The van der Waals surface area contributed by atoms with E-state index < -0.39 is 10.0 Å². The van der Waals surface area contributed by atoms with Gasteiger partial charge in [0.05, 0.1) is 27.7 Å². The first kappa shape index (κ1) is 13.3. The van der Waals surface area contributed by atoms with Crippen molar-refractivity contribution < 1.29 is 8.42 Å². The molecule has 0 saturated carbocycles. The molecule has 0 bridgehead atoms. The summed E-state index contributed by atoms with van der Waals surface area (Å²) in [5, 5.41) is 8.54. The first-order valence-corrected chi connectivity index (χ1v) is 7.71. The van der Waals surface area contributed by atoms with Crippen molar-refractivity contribution in [2.45, 2.75) is 11.4 Å². The number of thiazole rings is 1. The van der Waals surface area contributed by atoms with E-state index in [-0.39, 0.29) is 4.90 Å². The third-order valence-electron chi connectivity index (χ3n) is 2.20. The van der Waals surface area contributed by atoms with Crippen LogP contribution in [0, 0.1) is 0 Å². The lowest BCUT2D eigenvalue weighted by molar-refractivity contribution is 0.598. The van der Waals surface area contributed by atoms with Crippen LogP contribution in [0.4, 0.5) is 5.69 Å². The molecule has 0 saturated heterocycles. The molecule has 3 N–H and O–H groups in total. The molecule has 0 aliphatic carbocycles. The monoisotopic (exact) mass is 303 g/mol. The molecule has 2 rings (SSSR count). The van der Waals surface area contributed by atoms with Crippen LogP contribution < -0.4 is 10.5 Å². The van der Waals surface area contributed by atoms with Gasteiger partial charge in [-0.05, 0) is 18.2 Å². The van der Waals surface area contributed by atoms with Gasteiger partial charge in [-0.3, -0.25) is 4.98 Å². The molecule has 0 aliphatic heterocycles. The second-order valence-electron chi connectivity index (χ2n) is 3.51. The minimum atomic E-state index is -3.72. The highest BCUT2D eigenvalue weighted by atomic mass is 35.5. The summed E-state index contributed by atoms with van der Waals surface area (Å²) in [4.78, 5) is 4.99. The molecular weight excluding hydrogens is 294 g/mol. The highest BCUT2D eigenvalue weighted by Gasteiger charge is 2.10. The van der Waals surface area contributed by atoms with Crippen molar-refractivity contribution >= 4 is 38.6 Å². The standard InChI is InChI=1S/C10H10ClN3O2S2/c11-9-2-1-8(18(12,15)16)3-10(9)14-5-7-4-13-6-17-7/h1-4,6,14H,5H2,(H2,12,15,16). The van der Waals surface area contributed by atoms with E-state index in [1.807, 2.05) is 0 Å². The fraction of sp³-hybridized carbons (Fsp3) is 0.100. The van der Waals surface area contributed by atoms with Gasteiger partial charge in [-0.1, -0.05) is 11.6 Å². The highest BCUT2D eigenvalue weighted by molar-refractivity contribution is 7.89. The number of aromatic nitrogens is 1. The van der Waals surface area contributed by atoms with Gasteiger partial charge in [0, 0.05) is 11.1 Å². The van der Waals surface area contributed by atoms with Gasteiger partial charge < -0.3 is 5.32 Å². The lowest BCUT2D eigenvalue weighted by atomic mass is 10.3. The number of benzene rings is 1. The second-order valence-corrected chi connectivity index (χ2v) is 6.45. The molecule has 2 aromatic rings. The Hall–Kier alpha value is -1.15. The first-order chi connectivity index (χ1) is 8.47. The van der Waals surface area contributed by atoms with E-state index in [1.165, 1.54) is 29.5 Å². The zero-order valence-corrected chi connectivity index (χ0v) is 11.5. The second kappa shape index (κ2) is 5.23. The Morgan fingerprint density at radius 1 is 1.44 bits per heavy atom. The molecule has 1 heterocycles. The summed E-state index contributed by atoms with van der Waals surface area (Å²) in [5.41, 5.74) is 2.25. The average Bonchev–Trinajstić information content (AvgIpc) is 2.79. The van der Waals surface area contributed by atoms with E-state index >= 15 is 0 Å². The number of nitrogens with zero attached hydrogens (tertiary/aromatic N) is 1. The molecule has 0 aliphatic rings. The Morgan fingerprint density at radius 3 is 2.83 bits per heavy atom. The SMILES string of the molecule is NS(=O)(=O)c1ccc(Cl)c(NCc2cncs2)c1. The summed E-state index contributed by atoms with van der Waals surface area (Å²) in [6.45, 7) is 0.526. The van der Waals surface area contributed by atoms with E-state index in [2.05, 4.69) is 10.3 Å². The number of primary sulfonamides is 1. The number of sulfonamides is 1. The number of nitrogens with two attached hydrogens (primary N) is 1. The van der Waals surface area contributed by atoms with Gasteiger partial charge >= 0.3 is 0 Å². The van der Waals surface area contributed by atoms with Gasteiger partial charge in [0.1, 0.15) is 0 Å². The zero-order valence-electron chi connectivity index (χ0n) is 9.13. The smallest absolute Gasteiger partial charge is 0.238 e. The van der Waals surface area contributed by atoms with E-state index in [0.29, 0.717) is 17.3 Å². The quantitative estimate of drug-likeness (QED) is 0.905. The van der Waals surface area contributed by atoms with Crippen molar-refractivity contribution in [1.82, 2.24) is 4.98 Å². The van der Waals surface area contributed by atoms with Gasteiger partial charge in [-0.25, -0.2) is 13.6 Å². The molecule has 0 fully saturated rings. The van der Waals surface area contributed by atoms with Gasteiger partial charge in [0.25, 0.3) is 0 Å². The van der Waals surface area contributed by atoms with Crippen molar-refractivity contribution in [3.05, 3.63) is 39.8 Å². The molecule has 0 unspecified atom stereocenters. The van der Waals surface area contributed by atoms with Crippen LogP contribution in [0.15, 0.2) is 34.8 Å². The number of halogens is 1. The minimum absolute atomic E-state index is 0.0266. The number of anilines is 1. The van der Waals surface area contributed by atoms with Gasteiger partial charge in [0.2, 0.25) is 10.0 Å². The van der Waals surface area contributed by atoms with Crippen molar-refractivity contribution in [2.24, 2.45) is 5.14 Å². The third kappa shape index (κ3) is 3.20. The maximum atomic E-state index is 11.2. The summed E-state index contributed by atoms with van der Waals surface area (Å²) in [6.07, 6.45) is 1.73. The molecular formula is C10H10ClN3O2S2. The van der Waals surface area contributed by atoms with Crippen LogP contribution in [0.1, 0.15) is 4.88 Å². The molecule has 18 heavy (non-hydrogen) atoms. The average molecular weight is 304 g/mol. The summed E-state index contributed by atoms with van der Waals surface area (Å²) < 4.78 is 22.5. The maximum Gasteiger partial charge on any atom is 0.238 e. The Morgan fingerprint density at radius 2 is 2.22 bits per heavy atom. The van der Waals surface area contributed by atoms with E-state index in [0.717, 1.165) is 4.88 Å². The van der Waals surface area contributed by atoms with Crippen LogP contribution in [-0.4, -0.2) is 13.4 Å². The molecule has 1 aromatic heterocycles. The fourth-order valence-electron chi connectivity index (χ4n) is 1.33. The molecule has 0 spiro atoms. The molecule has 0 amide bonds. The van der Waals surface area contributed by atoms with Crippen molar-refractivity contribution in [3.63, 3.8) is 0 Å². The van der Waals surface area contributed by atoms with Crippen LogP contribution in [0.25, 0.3) is 0 Å². The third-order valence-corrected chi connectivity index (χ3v) is 4.22. The topological polar surface area (TPSA) is 85.1 Å². The van der Waals surface area contributed by atoms with E-state index in [1.54, 1.807) is 11.7 Å². The Kier molecular flexibility index (Phi) is 3.86. The van der Waals surface area contributed by atoms with Crippen LogP contribution >= 0.6 is 22.9 Å². The molecule has 96 valence electrons. The Labute approximate surface area is 114 Å². The largest absolute Gasteiger partial charge is 0.379 e. The van der Waals surface area contributed by atoms with Gasteiger partial charge in [-0.2, -0.15) is 0 Å². The number of rotatable bonds is 4. The lowest BCUT2D eigenvalue weighted by Gasteiger charge is -2.08. The van der Waals surface area contributed by atoms with Crippen molar-refractivity contribution in [3.8, 4) is 0 Å². The fourth-order valence-corrected chi connectivity index (χ4v) is 2.59. The zero-order chi connectivity index (χ0) is 13.2. The molecule has 8 heteroatoms. The van der Waals surface area contributed by atoms with Crippen LogP contribution in [0.3, 0.4) is 0 Å². The number of hydrogen-bond donors (Lipinski definition) is 2. The molecule has 0 atom stereocenters. The summed E-state index contributed by atoms with van der Waals surface area (Å²) in [5.74, 6) is 0. The van der Waals surface area contributed by atoms with Crippen molar-refractivity contribution in [2.75, 3.05) is 5.32 Å². The first-order valence-electron chi connectivity index (χ1n) is 4.90. The van der Waals surface area contributed by atoms with Crippen molar-refractivity contribution in [1.29, 1.82) is 0 Å². The van der Waals surface area contributed by atoms with Gasteiger partial charge in [-0.15, -0.1) is 11.3 Å². The lowest BCUT2D eigenvalue weighted by Crippen LogP contribution is -2.12. The normalized spacial score (nSPS) is 11.4. The van der Waals surface area contributed by atoms with Gasteiger partial charge in [0.15, 0.2) is 0 Å². The van der Waals surface area contributed by atoms with E-state index in [9.17, 15) is 8.42 Å². The minimum Gasteiger partial charge on any atom is -0.379 e. The molecule has 1 aromatic carbocycles. The van der Waals surface area contributed by atoms with E-state index in [4.69, 9.17) is 16.7 Å². The molecule has 5 nitrogen and oxygen atoms in total. The Balaban J connectivity index is 2.22. The maximum absolute atomic E-state index is 11.2. The highest BCUT2D eigenvalue weighted by Crippen LogP contribution is 2.25. The summed E-state index contributed by atoms with van der Waals surface area (Å²) in [6, 6.07) is 4.28. The predicted molar refractivity (Wildman–Crippen MR) is 72.3 cm³/mol. The number of nitrogens with one attached hydrogen (secondary N) is 1. The van der Waals surface area contributed by atoms with Crippen LogP contribution in [-0.2, 0) is 16.6 Å². The summed E-state index contributed by atoms with van der Waals surface area (Å²) >= 11 is 7.47. The summed E-state index contributed by atoms with van der Waals surface area (Å²) in [7, 11) is -3.72. The number of hydrogen-bond acceptors (Lipinski definition) is 5. The van der Waals surface area contributed by atoms with Crippen LogP contribution in [0.5, 0.6) is 0 Å². The predicted octanol–water partition coefficient (Wildman–Crippen LogP) is 2.06.